The van der Waals surface area contributed by atoms with Crippen molar-refractivity contribution in [3.05, 3.63) is 81.4 Å². The fourth-order valence-electron chi connectivity index (χ4n) is 2.82. The van der Waals surface area contributed by atoms with Gasteiger partial charge in [-0.05, 0) is 47.4 Å². The first-order valence-corrected chi connectivity index (χ1v) is 10.9. The Morgan fingerprint density at radius 2 is 1.87 bits per heavy atom. The Morgan fingerprint density at radius 3 is 2.57 bits per heavy atom. The first kappa shape index (κ1) is 20.3. The lowest BCUT2D eigenvalue weighted by molar-refractivity contribution is -0.113. The van der Waals surface area contributed by atoms with Crippen molar-refractivity contribution in [2.24, 2.45) is 0 Å². The maximum atomic E-state index is 12.9. The summed E-state index contributed by atoms with van der Waals surface area (Å²) < 4.78 is 11.3. The second-order valence-electron chi connectivity index (χ2n) is 6.13. The lowest BCUT2D eigenvalue weighted by Gasteiger charge is -2.13. The van der Waals surface area contributed by atoms with Gasteiger partial charge in [-0.2, -0.15) is 0 Å². The van der Waals surface area contributed by atoms with Gasteiger partial charge in [0.15, 0.2) is 15.8 Å². The average Bonchev–Trinajstić information content (AvgIpc) is 3.38. The standard InChI is InChI=1S/C22H15NO4S3/c1-26-17-12-14(9-10-16(17)27-21(25)18-8-5-11-29-18)13-19-20(24)23(22(28)30-19)15-6-3-2-4-7-15/h2-13H,1H3/b19-13+. The van der Waals surface area contributed by atoms with Gasteiger partial charge in [-0.25, -0.2) is 4.79 Å². The molecule has 4 rings (SSSR count). The fraction of sp³-hybridized carbons (Fsp3) is 0.0455. The van der Waals surface area contributed by atoms with E-state index < -0.39 is 5.97 Å². The fourth-order valence-corrected chi connectivity index (χ4v) is 4.72. The van der Waals surface area contributed by atoms with Crippen LogP contribution in [-0.2, 0) is 4.79 Å². The molecule has 1 fully saturated rings. The summed E-state index contributed by atoms with van der Waals surface area (Å²) in [4.78, 5) is 27.6. The van der Waals surface area contributed by atoms with Gasteiger partial charge in [0.05, 0.1) is 17.7 Å². The Labute approximate surface area is 186 Å². The molecule has 2 heterocycles. The molecule has 1 aliphatic rings. The Bertz CT molecular complexity index is 1140. The minimum absolute atomic E-state index is 0.177. The number of thioether (sulfide) groups is 1. The van der Waals surface area contributed by atoms with E-state index in [1.54, 1.807) is 36.4 Å². The molecule has 5 nitrogen and oxygen atoms in total. The zero-order chi connectivity index (χ0) is 21.1. The van der Waals surface area contributed by atoms with Crippen LogP contribution in [-0.4, -0.2) is 23.3 Å². The number of thiocarbonyl (C=S) groups is 1. The van der Waals surface area contributed by atoms with Crippen LogP contribution in [0.5, 0.6) is 11.5 Å². The van der Waals surface area contributed by atoms with E-state index in [1.807, 2.05) is 35.7 Å². The van der Waals surface area contributed by atoms with Crippen LogP contribution in [0.1, 0.15) is 15.2 Å². The van der Waals surface area contributed by atoms with E-state index in [4.69, 9.17) is 21.7 Å². The highest BCUT2D eigenvalue weighted by Gasteiger charge is 2.33. The molecule has 0 saturated carbocycles. The molecular formula is C22H15NO4S3. The topological polar surface area (TPSA) is 55.8 Å². The van der Waals surface area contributed by atoms with Gasteiger partial charge < -0.3 is 9.47 Å². The summed E-state index contributed by atoms with van der Waals surface area (Å²) in [5.74, 6) is 0.0835. The van der Waals surface area contributed by atoms with Crippen molar-refractivity contribution in [2.75, 3.05) is 12.0 Å². The molecule has 3 aromatic rings. The summed E-state index contributed by atoms with van der Waals surface area (Å²) in [6.07, 6.45) is 1.75. The van der Waals surface area contributed by atoms with Gasteiger partial charge in [-0.15, -0.1) is 11.3 Å². The van der Waals surface area contributed by atoms with E-state index in [9.17, 15) is 9.59 Å². The molecule has 1 aliphatic heterocycles. The predicted octanol–water partition coefficient (Wildman–Crippen LogP) is 5.38. The molecule has 1 saturated heterocycles. The van der Waals surface area contributed by atoms with Crippen molar-refractivity contribution >= 4 is 63.3 Å². The van der Waals surface area contributed by atoms with Gasteiger partial charge in [-0.1, -0.05) is 54.3 Å². The van der Waals surface area contributed by atoms with E-state index in [2.05, 4.69) is 0 Å². The SMILES string of the molecule is COc1cc(/C=C2/SC(=S)N(c3ccccc3)C2=O)ccc1OC(=O)c1cccs1. The summed E-state index contributed by atoms with van der Waals surface area (Å²) in [5.41, 5.74) is 1.47. The summed E-state index contributed by atoms with van der Waals surface area (Å²) >= 11 is 7.94. The summed E-state index contributed by atoms with van der Waals surface area (Å²) in [6.45, 7) is 0. The van der Waals surface area contributed by atoms with Crippen molar-refractivity contribution in [1.82, 2.24) is 0 Å². The van der Waals surface area contributed by atoms with Crippen LogP contribution in [0.25, 0.3) is 6.08 Å². The molecular weight excluding hydrogens is 438 g/mol. The molecule has 0 N–H and O–H groups in total. The maximum Gasteiger partial charge on any atom is 0.353 e. The van der Waals surface area contributed by atoms with Gasteiger partial charge in [0.1, 0.15) is 4.88 Å². The minimum atomic E-state index is -0.445. The number of amides is 1. The number of methoxy groups -OCH3 is 1. The number of benzene rings is 2. The third-order valence-corrected chi connectivity index (χ3v) is 6.37. The highest BCUT2D eigenvalue weighted by molar-refractivity contribution is 8.27. The summed E-state index contributed by atoms with van der Waals surface area (Å²) in [6, 6.07) is 17.9. The Kier molecular flexibility index (Phi) is 5.98. The van der Waals surface area contributed by atoms with E-state index in [0.717, 1.165) is 11.3 Å². The number of hydrogen-bond donors (Lipinski definition) is 0. The van der Waals surface area contributed by atoms with Gasteiger partial charge in [0, 0.05) is 0 Å². The van der Waals surface area contributed by atoms with E-state index in [1.165, 1.54) is 35.1 Å². The van der Waals surface area contributed by atoms with E-state index >= 15 is 0 Å². The second kappa shape index (κ2) is 8.83. The summed E-state index contributed by atoms with van der Waals surface area (Å²) in [5, 5.41) is 1.81. The lowest BCUT2D eigenvalue weighted by Crippen LogP contribution is -2.27. The maximum absolute atomic E-state index is 12.9. The zero-order valence-electron chi connectivity index (χ0n) is 15.7. The molecule has 0 unspecified atom stereocenters. The van der Waals surface area contributed by atoms with Crippen LogP contribution in [0, 0.1) is 0 Å². The number of thiophene rings is 1. The van der Waals surface area contributed by atoms with Crippen molar-refractivity contribution in [2.45, 2.75) is 0 Å². The molecule has 0 radical (unpaired) electrons. The minimum Gasteiger partial charge on any atom is -0.493 e. The van der Waals surface area contributed by atoms with Crippen molar-refractivity contribution in [3.63, 3.8) is 0 Å². The third-order valence-electron chi connectivity index (χ3n) is 4.22. The first-order chi connectivity index (χ1) is 14.6. The largest absolute Gasteiger partial charge is 0.493 e. The number of anilines is 1. The van der Waals surface area contributed by atoms with Crippen LogP contribution >= 0.6 is 35.3 Å². The molecule has 2 aromatic carbocycles. The Morgan fingerprint density at radius 1 is 1.07 bits per heavy atom. The second-order valence-corrected chi connectivity index (χ2v) is 8.75. The van der Waals surface area contributed by atoms with E-state index in [-0.39, 0.29) is 5.91 Å². The number of para-hydroxylation sites is 1. The monoisotopic (exact) mass is 453 g/mol. The van der Waals surface area contributed by atoms with Gasteiger partial charge in [0.2, 0.25) is 0 Å². The quantitative estimate of drug-likeness (QED) is 0.224. The highest BCUT2D eigenvalue weighted by atomic mass is 32.2. The molecule has 150 valence electrons. The number of ether oxygens (including phenoxy) is 2. The van der Waals surface area contributed by atoms with Crippen molar-refractivity contribution in [1.29, 1.82) is 0 Å². The van der Waals surface area contributed by atoms with Gasteiger partial charge in [0.25, 0.3) is 5.91 Å². The van der Waals surface area contributed by atoms with Crippen molar-refractivity contribution < 1.29 is 19.1 Å². The zero-order valence-corrected chi connectivity index (χ0v) is 18.2. The number of rotatable bonds is 5. The normalized spacial score (nSPS) is 15.0. The number of carbonyl (C=O) groups excluding carboxylic acids is 2. The predicted molar refractivity (Wildman–Crippen MR) is 124 cm³/mol. The molecule has 0 spiro atoms. The number of carbonyl (C=O) groups is 2. The van der Waals surface area contributed by atoms with E-state index in [0.29, 0.717) is 25.6 Å². The van der Waals surface area contributed by atoms with Gasteiger partial charge >= 0.3 is 5.97 Å². The highest BCUT2D eigenvalue weighted by Crippen LogP contribution is 2.37. The van der Waals surface area contributed by atoms with Crippen LogP contribution in [0.15, 0.2) is 70.9 Å². The summed E-state index contributed by atoms with van der Waals surface area (Å²) in [7, 11) is 1.50. The van der Waals surface area contributed by atoms with Crippen LogP contribution in [0.2, 0.25) is 0 Å². The molecule has 30 heavy (non-hydrogen) atoms. The number of nitrogens with zero attached hydrogens (tertiary/aromatic N) is 1. The molecule has 0 bridgehead atoms. The lowest BCUT2D eigenvalue weighted by atomic mass is 10.2. The molecule has 1 amide bonds. The molecule has 0 atom stereocenters. The van der Waals surface area contributed by atoms with Crippen molar-refractivity contribution in [3.8, 4) is 11.5 Å². The molecule has 1 aromatic heterocycles. The first-order valence-electron chi connectivity index (χ1n) is 8.83. The molecule has 0 aliphatic carbocycles. The number of hydrogen-bond acceptors (Lipinski definition) is 7. The third kappa shape index (κ3) is 4.16. The Balaban J connectivity index is 1.57. The van der Waals surface area contributed by atoms with Crippen LogP contribution in [0.3, 0.4) is 0 Å². The number of esters is 1. The average molecular weight is 454 g/mol. The van der Waals surface area contributed by atoms with Crippen LogP contribution < -0.4 is 14.4 Å². The van der Waals surface area contributed by atoms with Crippen LogP contribution in [0.4, 0.5) is 5.69 Å². The van der Waals surface area contributed by atoms with Gasteiger partial charge in [-0.3, -0.25) is 9.69 Å². The Hall–Kier alpha value is -2.94. The molecule has 8 heteroatoms. The smallest absolute Gasteiger partial charge is 0.353 e.